The third-order valence-corrected chi connectivity index (χ3v) is 6.50. The molecule has 28 heavy (non-hydrogen) atoms. The predicted octanol–water partition coefficient (Wildman–Crippen LogP) is 3.06. The number of nitrogens with zero attached hydrogens (tertiary/aromatic N) is 3. The zero-order valence-corrected chi connectivity index (χ0v) is 16.7. The Morgan fingerprint density at radius 2 is 1.89 bits per heavy atom. The average Bonchev–Trinajstić information content (AvgIpc) is 3.12. The smallest absolute Gasteiger partial charge is 0.223 e. The Balaban J connectivity index is 1.27. The molecule has 0 bridgehead atoms. The maximum absolute atomic E-state index is 13.1. The van der Waals surface area contributed by atoms with E-state index in [9.17, 15) is 9.18 Å². The summed E-state index contributed by atoms with van der Waals surface area (Å²) < 4.78 is 13.1. The van der Waals surface area contributed by atoms with Crippen LogP contribution >= 0.6 is 0 Å². The molecule has 3 aliphatic heterocycles. The first-order valence-electron chi connectivity index (χ1n) is 10.7. The van der Waals surface area contributed by atoms with Gasteiger partial charge in [0.05, 0.1) is 6.61 Å². The summed E-state index contributed by atoms with van der Waals surface area (Å²) in [5.74, 6) is 0.0838. The lowest BCUT2D eigenvalue weighted by atomic mass is 9.79. The van der Waals surface area contributed by atoms with Crippen molar-refractivity contribution in [3.05, 3.63) is 35.6 Å². The Kier molecular flexibility index (Phi) is 6.28. The van der Waals surface area contributed by atoms with Crippen LogP contribution in [0.15, 0.2) is 24.3 Å². The van der Waals surface area contributed by atoms with Gasteiger partial charge in [0, 0.05) is 51.1 Å². The maximum Gasteiger partial charge on any atom is 0.223 e. The van der Waals surface area contributed by atoms with Crippen molar-refractivity contribution in [1.82, 2.24) is 14.9 Å². The minimum atomic E-state index is -0.182. The first-order chi connectivity index (χ1) is 13.6. The second-order valence-corrected chi connectivity index (χ2v) is 8.73. The highest BCUT2D eigenvalue weighted by molar-refractivity contribution is 5.76. The summed E-state index contributed by atoms with van der Waals surface area (Å²) in [6, 6.07) is 6.83. The highest BCUT2D eigenvalue weighted by atomic mass is 19.1. The van der Waals surface area contributed by atoms with Gasteiger partial charge in [0.2, 0.25) is 5.91 Å². The Labute approximate surface area is 167 Å². The van der Waals surface area contributed by atoms with Crippen molar-refractivity contribution in [3.63, 3.8) is 0 Å². The molecule has 5 nitrogen and oxygen atoms in total. The van der Waals surface area contributed by atoms with Gasteiger partial charge in [-0.2, -0.15) is 5.06 Å². The van der Waals surface area contributed by atoms with Crippen molar-refractivity contribution in [2.24, 2.45) is 5.41 Å². The molecule has 154 valence electrons. The molecular formula is C22H32FN3O2. The van der Waals surface area contributed by atoms with Gasteiger partial charge >= 0.3 is 0 Å². The number of rotatable bonds is 5. The molecular weight excluding hydrogens is 357 g/mol. The molecule has 1 spiro atoms. The highest BCUT2D eigenvalue weighted by Gasteiger charge is 2.42. The third kappa shape index (κ3) is 4.91. The van der Waals surface area contributed by atoms with Crippen LogP contribution in [0.4, 0.5) is 4.39 Å². The van der Waals surface area contributed by atoms with Gasteiger partial charge in [0.25, 0.3) is 0 Å². The van der Waals surface area contributed by atoms with Gasteiger partial charge < -0.3 is 4.90 Å². The number of piperidine rings is 1. The van der Waals surface area contributed by atoms with E-state index in [4.69, 9.17) is 4.84 Å². The molecule has 3 aliphatic rings. The van der Waals surface area contributed by atoms with Crippen molar-refractivity contribution in [2.75, 3.05) is 45.9 Å². The van der Waals surface area contributed by atoms with Gasteiger partial charge in [0.15, 0.2) is 0 Å². The minimum absolute atomic E-state index is 0.182. The standard InChI is InChI=1S/C22H32FN3O2/c23-20-6-4-19(5-7-20)16-24-11-3-9-22(17-24)10-14-25(18-22)21(27)8-13-26-12-1-2-15-28-26/h4-7H,1-3,8-18H2/t22-/m1/s1. The second-order valence-electron chi connectivity index (χ2n) is 8.73. The van der Waals surface area contributed by atoms with Crippen molar-refractivity contribution in [1.29, 1.82) is 0 Å². The number of hydrogen-bond donors (Lipinski definition) is 0. The number of carbonyl (C=O) groups excluding carboxylic acids is 1. The van der Waals surface area contributed by atoms with Crippen LogP contribution in [0.5, 0.6) is 0 Å². The molecule has 1 aromatic rings. The lowest BCUT2D eigenvalue weighted by Crippen LogP contribution is -2.45. The van der Waals surface area contributed by atoms with Gasteiger partial charge in [-0.1, -0.05) is 12.1 Å². The summed E-state index contributed by atoms with van der Waals surface area (Å²) >= 11 is 0. The Morgan fingerprint density at radius 1 is 1.04 bits per heavy atom. The molecule has 0 aromatic heterocycles. The second kappa shape index (κ2) is 8.89. The molecule has 3 saturated heterocycles. The Morgan fingerprint density at radius 3 is 2.68 bits per heavy atom. The summed E-state index contributed by atoms with van der Waals surface area (Å²) in [6.07, 6.45) is 6.30. The third-order valence-electron chi connectivity index (χ3n) is 6.50. The predicted molar refractivity (Wildman–Crippen MR) is 106 cm³/mol. The van der Waals surface area contributed by atoms with Crippen molar-refractivity contribution in [2.45, 2.75) is 45.1 Å². The van der Waals surface area contributed by atoms with E-state index in [-0.39, 0.29) is 17.1 Å². The van der Waals surface area contributed by atoms with Gasteiger partial charge in [-0.25, -0.2) is 4.39 Å². The molecule has 3 fully saturated rings. The molecule has 0 N–H and O–H groups in total. The molecule has 1 aromatic carbocycles. The number of likely N-dealkylation sites (tertiary alicyclic amines) is 2. The molecule has 4 rings (SSSR count). The molecule has 0 saturated carbocycles. The fourth-order valence-corrected chi connectivity index (χ4v) is 4.98. The van der Waals surface area contributed by atoms with Gasteiger partial charge in [0.1, 0.15) is 5.82 Å². The van der Waals surface area contributed by atoms with Gasteiger partial charge in [-0.15, -0.1) is 0 Å². The van der Waals surface area contributed by atoms with Crippen LogP contribution in [0.3, 0.4) is 0 Å². The molecule has 3 heterocycles. The van der Waals surface area contributed by atoms with E-state index in [1.165, 1.54) is 25.0 Å². The molecule has 0 unspecified atom stereocenters. The van der Waals surface area contributed by atoms with E-state index >= 15 is 0 Å². The summed E-state index contributed by atoms with van der Waals surface area (Å²) in [5, 5.41) is 1.96. The zero-order valence-electron chi connectivity index (χ0n) is 16.7. The molecule has 6 heteroatoms. The lowest BCUT2D eigenvalue weighted by molar-refractivity contribution is -0.182. The maximum atomic E-state index is 13.1. The van der Waals surface area contributed by atoms with Crippen LogP contribution in [0.2, 0.25) is 0 Å². The highest BCUT2D eigenvalue weighted by Crippen LogP contribution is 2.39. The number of benzene rings is 1. The number of hydrogen-bond acceptors (Lipinski definition) is 4. The molecule has 1 atom stereocenters. The van der Waals surface area contributed by atoms with E-state index in [1.54, 1.807) is 0 Å². The largest absolute Gasteiger partial charge is 0.342 e. The summed E-state index contributed by atoms with van der Waals surface area (Å²) in [4.78, 5) is 22.9. The van der Waals surface area contributed by atoms with Crippen molar-refractivity contribution in [3.8, 4) is 0 Å². The molecule has 1 amide bonds. The number of halogens is 1. The van der Waals surface area contributed by atoms with Gasteiger partial charge in [-0.05, 0) is 56.3 Å². The summed E-state index contributed by atoms with van der Waals surface area (Å²) in [7, 11) is 0. The van der Waals surface area contributed by atoms with Crippen LogP contribution in [0, 0.1) is 11.2 Å². The van der Waals surface area contributed by atoms with Crippen LogP contribution in [-0.2, 0) is 16.2 Å². The SMILES string of the molecule is O=C(CCN1CCCCO1)N1CC[C@@]2(CCCN(Cc3ccc(F)cc3)C2)C1. The summed E-state index contributed by atoms with van der Waals surface area (Å²) in [5.41, 5.74) is 1.39. The first kappa shape index (κ1) is 19.8. The Hall–Kier alpha value is -1.50. The van der Waals surface area contributed by atoms with E-state index in [0.29, 0.717) is 13.0 Å². The van der Waals surface area contributed by atoms with E-state index in [2.05, 4.69) is 9.80 Å². The monoisotopic (exact) mass is 389 g/mol. The average molecular weight is 390 g/mol. The van der Waals surface area contributed by atoms with Crippen molar-refractivity contribution < 1.29 is 14.0 Å². The zero-order chi connectivity index (χ0) is 19.4. The normalized spacial score (nSPS) is 26.8. The molecule has 0 aliphatic carbocycles. The van der Waals surface area contributed by atoms with Crippen LogP contribution in [0.1, 0.15) is 44.1 Å². The van der Waals surface area contributed by atoms with Crippen LogP contribution in [-0.4, -0.2) is 66.6 Å². The van der Waals surface area contributed by atoms with E-state index in [0.717, 1.165) is 70.7 Å². The fraction of sp³-hybridized carbons (Fsp3) is 0.682. The molecule has 0 radical (unpaired) electrons. The Bertz CT molecular complexity index is 662. The quantitative estimate of drug-likeness (QED) is 0.776. The first-order valence-corrected chi connectivity index (χ1v) is 10.7. The fourth-order valence-electron chi connectivity index (χ4n) is 4.98. The van der Waals surface area contributed by atoms with Gasteiger partial charge in [-0.3, -0.25) is 14.5 Å². The van der Waals surface area contributed by atoms with E-state index < -0.39 is 0 Å². The van der Waals surface area contributed by atoms with Crippen LogP contribution < -0.4 is 0 Å². The lowest BCUT2D eigenvalue weighted by Gasteiger charge is -2.40. The topological polar surface area (TPSA) is 36.0 Å². The number of amides is 1. The van der Waals surface area contributed by atoms with Crippen molar-refractivity contribution >= 4 is 5.91 Å². The van der Waals surface area contributed by atoms with E-state index in [1.807, 2.05) is 17.2 Å². The minimum Gasteiger partial charge on any atom is -0.342 e. The number of hydroxylamine groups is 2. The summed E-state index contributed by atoms with van der Waals surface area (Å²) in [6.45, 7) is 7.17. The number of carbonyl (C=O) groups is 1. The van der Waals surface area contributed by atoms with Crippen LogP contribution in [0.25, 0.3) is 0 Å².